The monoisotopic (exact) mass is 181 g/mol. The van der Waals surface area contributed by atoms with Crippen molar-refractivity contribution in [1.29, 1.82) is 0 Å². The Hall–Kier alpha value is -0.830. The average Bonchev–Trinajstić information content (AvgIpc) is 2.47. The van der Waals surface area contributed by atoms with Gasteiger partial charge in [0, 0.05) is 24.7 Å². The molecular weight excluding hydrogens is 162 g/mol. The summed E-state index contributed by atoms with van der Waals surface area (Å²) in [5.41, 5.74) is 1.30. The Balaban J connectivity index is 2.64. The second kappa shape index (κ2) is 3.92. The lowest BCUT2D eigenvalue weighted by molar-refractivity contribution is 0.396. The molecule has 1 rings (SSSR count). The van der Waals surface area contributed by atoms with Gasteiger partial charge in [0.15, 0.2) is 0 Å². The summed E-state index contributed by atoms with van der Waals surface area (Å²) in [5.74, 6) is 0. The van der Waals surface area contributed by atoms with Crippen LogP contribution in [0.15, 0.2) is 12.5 Å². The number of imidazole rings is 1. The highest BCUT2D eigenvalue weighted by Gasteiger charge is 2.12. The molecule has 13 heavy (non-hydrogen) atoms. The quantitative estimate of drug-likeness (QED) is 0.764. The van der Waals surface area contributed by atoms with Crippen molar-refractivity contribution in [2.75, 3.05) is 13.6 Å². The van der Waals surface area contributed by atoms with E-state index in [1.807, 2.05) is 13.4 Å². The van der Waals surface area contributed by atoms with Crippen LogP contribution in [0, 0.1) is 0 Å². The van der Waals surface area contributed by atoms with Gasteiger partial charge in [-0.2, -0.15) is 0 Å². The van der Waals surface area contributed by atoms with Crippen LogP contribution < -0.4 is 5.32 Å². The van der Waals surface area contributed by atoms with Crippen LogP contribution in [0.1, 0.15) is 26.5 Å². The molecule has 0 unspecified atom stereocenters. The second-order valence-corrected chi connectivity index (χ2v) is 4.30. The van der Waals surface area contributed by atoms with Crippen LogP contribution in [0.25, 0.3) is 0 Å². The van der Waals surface area contributed by atoms with Crippen molar-refractivity contribution in [1.82, 2.24) is 14.9 Å². The van der Waals surface area contributed by atoms with Gasteiger partial charge >= 0.3 is 0 Å². The van der Waals surface area contributed by atoms with E-state index in [4.69, 9.17) is 0 Å². The first-order chi connectivity index (χ1) is 6.04. The van der Waals surface area contributed by atoms with Gasteiger partial charge in [-0.15, -0.1) is 0 Å². The zero-order chi connectivity index (χ0) is 9.90. The molecule has 0 aliphatic heterocycles. The summed E-state index contributed by atoms with van der Waals surface area (Å²) in [5, 5.41) is 3.11. The van der Waals surface area contributed by atoms with Crippen LogP contribution >= 0.6 is 0 Å². The third kappa shape index (κ3) is 2.84. The first-order valence-corrected chi connectivity index (χ1v) is 4.72. The van der Waals surface area contributed by atoms with E-state index in [9.17, 15) is 0 Å². The molecule has 3 nitrogen and oxygen atoms in total. The van der Waals surface area contributed by atoms with Gasteiger partial charge in [0.1, 0.15) is 0 Å². The van der Waals surface area contributed by atoms with Gasteiger partial charge in [0.25, 0.3) is 0 Å². The summed E-state index contributed by atoms with van der Waals surface area (Å²) in [7, 11) is 1.96. The van der Waals surface area contributed by atoms with Crippen LogP contribution in [0.4, 0.5) is 0 Å². The van der Waals surface area contributed by atoms with Gasteiger partial charge in [0.2, 0.25) is 0 Å². The van der Waals surface area contributed by atoms with E-state index in [0.717, 1.165) is 18.7 Å². The standard InChI is InChI=1S/C10H19N3/c1-10(2,3)13-7-9(12-8-13)5-6-11-4/h7-8,11H,5-6H2,1-4H3. The summed E-state index contributed by atoms with van der Waals surface area (Å²) in [6.45, 7) is 7.52. The lowest BCUT2D eigenvalue weighted by atomic mass is 10.1. The molecular formula is C10H19N3. The summed E-state index contributed by atoms with van der Waals surface area (Å²) < 4.78 is 2.15. The Morgan fingerprint density at radius 2 is 2.15 bits per heavy atom. The number of rotatable bonds is 3. The molecule has 0 aromatic carbocycles. The summed E-state index contributed by atoms with van der Waals surface area (Å²) in [4.78, 5) is 4.34. The maximum Gasteiger partial charge on any atom is 0.0954 e. The predicted octanol–water partition coefficient (Wildman–Crippen LogP) is 1.40. The Morgan fingerprint density at radius 1 is 1.46 bits per heavy atom. The number of nitrogens with one attached hydrogen (secondary N) is 1. The first kappa shape index (κ1) is 10.3. The van der Waals surface area contributed by atoms with E-state index in [1.54, 1.807) is 0 Å². The zero-order valence-corrected chi connectivity index (χ0v) is 8.96. The van der Waals surface area contributed by atoms with E-state index in [2.05, 4.69) is 41.8 Å². The van der Waals surface area contributed by atoms with Crippen molar-refractivity contribution in [3.05, 3.63) is 18.2 Å². The third-order valence-corrected chi connectivity index (χ3v) is 2.04. The predicted molar refractivity (Wildman–Crippen MR) is 54.9 cm³/mol. The SMILES string of the molecule is CNCCc1cn(C(C)(C)C)cn1. The summed E-state index contributed by atoms with van der Waals surface area (Å²) >= 11 is 0. The Bertz CT molecular complexity index is 257. The highest BCUT2D eigenvalue weighted by molar-refractivity contribution is 4.99. The Kier molecular flexibility index (Phi) is 3.09. The van der Waals surface area contributed by atoms with E-state index in [0.29, 0.717) is 0 Å². The van der Waals surface area contributed by atoms with Crippen molar-refractivity contribution < 1.29 is 0 Å². The zero-order valence-electron chi connectivity index (χ0n) is 8.96. The first-order valence-electron chi connectivity index (χ1n) is 4.72. The van der Waals surface area contributed by atoms with Gasteiger partial charge in [0.05, 0.1) is 12.0 Å². The van der Waals surface area contributed by atoms with Crippen molar-refractivity contribution in [3.8, 4) is 0 Å². The fraction of sp³-hybridized carbons (Fsp3) is 0.700. The third-order valence-electron chi connectivity index (χ3n) is 2.04. The largest absolute Gasteiger partial charge is 0.332 e. The molecule has 3 heteroatoms. The van der Waals surface area contributed by atoms with Crippen molar-refractivity contribution in [3.63, 3.8) is 0 Å². The molecule has 0 saturated heterocycles. The minimum atomic E-state index is 0.144. The van der Waals surface area contributed by atoms with Gasteiger partial charge in [-0.3, -0.25) is 0 Å². The molecule has 1 aromatic rings. The number of nitrogens with zero attached hydrogens (tertiary/aromatic N) is 2. The number of hydrogen-bond donors (Lipinski definition) is 1. The van der Waals surface area contributed by atoms with Crippen molar-refractivity contribution in [2.24, 2.45) is 0 Å². The smallest absolute Gasteiger partial charge is 0.0954 e. The lowest BCUT2D eigenvalue weighted by Gasteiger charge is -2.19. The molecule has 0 radical (unpaired) electrons. The van der Waals surface area contributed by atoms with Crippen LogP contribution in [-0.2, 0) is 12.0 Å². The average molecular weight is 181 g/mol. The molecule has 0 aliphatic carbocycles. The maximum absolute atomic E-state index is 4.34. The fourth-order valence-corrected chi connectivity index (χ4v) is 1.11. The van der Waals surface area contributed by atoms with Crippen LogP contribution in [0.3, 0.4) is 0 Å². The molecule has 1 aromatic heterocycles. The number of aromatic nitrogens is 2. The summed E-state index contributed by atoms with van der Waals surface area (Å²) in [6.07, 6.45) is 5.03. The van der Waals surface area contributed by atoms with E-state index in [1.165, 1.54) is 0 Å². The second-order valence-electron chi connectivity index (χ2n) is 4.30. The van der Waals surface area contributed by atoms with Gasteiger partial charge in [-0.05, 0) is 27.8 Å². The van der Waals surface area contributed by atoms with Gasteiger partial charge < -0.3 is 9.88 Å². The molecule has 74 valence electrons. The van der Waals surface area contributed by atoms with Gasteiger partial charge in [-0.1, -0.05) is 0 Å². The van der Waals surface area contributed by atoms with E-state index >= 15 is 0 Å². The molecule has 1 heterocycles. The minimum absolute atomic E-state index is 0.144. The molecule has 0 bridgehead atoms. The van der Waals surface area contributed by atoms with Crippen LogP contribution in [0.2, 0.25) is 0 Å². The number of likely N-dealkylation sites (N-methyl/N-ethyl adjacent to an activating group) is 1. The van der Waals surface area contributed by atoms with Crippen LogP contribution in [0.5, 0.6) is 0 Å². The molecule has 0 spiro atoms. The summed E-state index contributed by atoms with van der Waals surface area (Å²) in [6, 6.07) is 0. The highest BCUT2D eigenvalue weighted by Crippen LogP contribution is 2.13. The minimum Gasteiger partial charge on any atom is -0.332 e. The fourth-order valence-electron chi connectivity index (χ4n) is 1.11. The highest BCUT2D eigenvalue weighted by atomic mass is 15.1. The van der Waals surface area contributed by atoms with E-state index < -0.39 is 0 Å². The number of hydrogen-bond acceptors (Lipinski definition) is 2. The van der Waals surface area contributed by atoms with Gasteiger partial charge in [-0.25, -0.2) is 4.98 Å². The molecule has 0 aliphatic rings. The van der Waals surface area contributed by atoms with Crippen molar-refractivity contribution >= 4 is 0 Å². The van der Waals surface area contributed by atoms with E-state index in [-0.39, 0.29) is 5.54 Å². The van der Waals surface area contributed by atoms with Crippen molar-refractivity contribution in [2.45, 2.75) is 32.7 Å². The Labute approximate surface area is 80.2 Å². The Morgan fingerprint density at radius 3 is 2.62 bits per heavy atom. The normalized spacial score (nSPS) is 12.0. The topological polar surface area (TPSA) is 29.9 Å². The lowest BCUT2D eigenvalue weighted by Crippen LogP contribution is -2.19. The molecule has 0 fully saturated rings. The molecule has 1 N–H and O–H groups in total. The van der Waals surface area contributed by atoms with Crippen LogP contribution in [-0.4, -0.2) is 23.1 Å². The maximum atomic E-state index is 4.34. The molecule has 0 saturated carbocycles. The molecule has 0 amide bonds. The molecule has 0 atom stereocenters.